The Morgan fingerprint density at radius 1 is 1.18 bits per heavy atom. The highest BCUT2D eigenvalue weighted by Gasteiger charge is 2.44. The first-order valence-corrected chi connectivity index (χ1v) is 10.7. The Kier molecular flexibility index (Phi) is 6.56. The quantitative estimate of drug-likeness (QED) is 0.542. The third-order valence-corrected chi connectivity index (χ3v) is 5.75. The highest BCUT2D eigenvalue weighted by molar-refractivity contribution is 6.06. The van der Waals surface area contributed by atoms with E-state index >= 15 is 0 Å². The number of hydrogen-bond donors (Lipinski definition) is 1. The summed E-state index contributed by atoms with van der Waals surface area (Å²) in [6, 6.07) is 4.96. The Morgan fingerprint density at radius 2 is 1.88 bits per heavy atom. The van der Waals surface area contributed by atoms with Gasteiger partial charge in [0.2, 0.25) is 5.78 Å². The number of ketones is 1. The summed E-state index contributed by atoms with van der Waals surface area (Å²) in [6.07, 6.45) is 1.11. The van der Waals surface area contributed by atoms with Crippen LogP contribution in [0, 0.1) is 12.8 Å². The molecular formula is C23H23F3N6O2. The lowest BCUT2D eigenvalue weighted by molar-refractivity contribution is -0.138. The third kappa shape index (κ3) is 5.04. The van der Waals surface area contributed by atoms with Crippen molar-refractivity contribution in [3.05, 3.63) is 59.9 Å². The molecule has 0 radical (unpaired) electrons. The van der Waals surface area contributed by atoms with Crippen LogP contribution in [0.5, 0.6) is 6.01 Å². The second-order valence-electron chi connectivity index (χ2n) is 8.40. The van der Waals surface area contributed by atoms with Crippen molar-refractivity contribution < 1.29 is 22.7 Å². The molecule has 0 aromatic carbocycles. The standard InChI is InChI=1S/C23H23F3N6O2/c1-14-6-7-22(31-10-14,13-34-21-29-11-16(12-30-21)23(24,25)26)19(33)18-17(5-4-15(2)32-18)20-27-8-3-9-28-20/h3-5,8-9,11-12,14,31H,6-7,10,13H2,1-2H3/t14-,22-/m0/s1. The number of carbonyl (C=O) groups is 1. The summed E-state index contributed by atoms with van der Waals surface area (Å²) in [5, 5.41) is 3.29. The van der Waals surface area contributed by atoms with Crippen LogP contribution in [0.1, 0.15) is 41.5 Å². The summed E-state index contributed by atoms with van der Waals surface area (Å²) in [5.74, 6) is 0.396. The van der Waals surface area contributed by atoms with Crippen LogP contribution in [-0.2, 0) is 6.18 Å². The van der Waals surface area contributed by atoms with Gasteiger partial charge in [-0.05, 0) is 50.4 Å². The number of aromatic nitrogens is 5. The molecule has 8 nitrogen and oxygen atoms in total. The number of Topliss-reactive ketones (excluding diaryl/α,β-unsaturated/α-hetero) is 1. The van der Waals surface area contributed by atoms with E-state index in [0.29, 0.717) is 48.4 Å². The first kappa shape index (κ1) is 23.7. The maximum absolute atomic E-state index is 13.9. The average Bonchev–Trinajstić information content (AvgIpc) is 2.84. The largest absolute Gasteiger partial charge is 0.461 e. The summed E-state index contributed by atoms with van der Waals surface area (Å²) in [4.78, 5) is 34.3. The molecule has 3 aromatic heterocycles. The number of rotatable bonds is 6. The van der Waals surface area contributed by atoms with Crippen LogP contribution in [0.4, 0.5) is 13.2 Å². The average molecular weight is 472 g/mol. The van der Waals surface area contributed by atoms with Crippen molar-refractivity contribution in [2.24, 2.45) is 5.92 Å². The maximum Gasteiger partial charge on any atom is 0.419 e. The van der Waals surface area contributed by atoms with Gasteiger partial charge in [-0.2, -0.15) is 13.2 Å². The Balaban J connectivity index is 1.65. The van der Waals surface area contributed by atoms with Gasteiger partial charge in [-0.15, -0.1) is 0 Å². The van der Waals surface area contributed by atoms with Crippen molar-refractivity contribution in [3.63, 3.8) is 0 Å². The number of halogens is 3. The molecule has 1 saturated heterocycles. The summed E-state index contributed by atoms with van der Waals surface area (Å²) >= 11 is 0. The third-order valence-electron chi connectivity index (χ3n) is 5.75. The Labute approximate surface area is 194 Å². The van der Waals surface area contributed by atoms with Crippen molar-refractivity contribution in [3.8, 4) is 17.4 Å². The molecule has 4 rings (SSSR count). The SMILES string of the molecule is Cc1ccc(-c2ncccn2)c(C(=O)[C@@]2(COc3ncc(C(F)(F)F)cn3)CC[C@H](C)CN2)n1. The van der Waals surface area contributed by atoms with Crippen LogP contribution < -0.4 is 10.1 Å². The molecule has 0 spiro atoms. The highest BCUT2D eigenvalue weighted by atomic mass is 19.4. The number of alkyl halides is 3. The Morgan fingerprint density at radius 3 is 2.50 bits per heavy atom. The van der Waals surface area contributed by atoms with Gasteiger partial charge in [-0.25, -0.2) is 24.9 Å². The monoisotopic (exact) mass is 472 g/mol. The second-order valence-corrected chi connectivity index (χ2v) is 8.40. The van der Waals surface area contributed by atoms with E-state index in [2.05, 4.69) is 37.2 Å². The minimum Gasteiger partial charge on any atom is -0.461 e. The van der Waals surface area contributed by atoms with Crippen molar-refractivity contribution >= 4 is 5.78 Å². The van der Waals surface area contributed by atoms with E-state index in [1.807, 2.05) is 0 Å². The van der Waals surface area contributed by atoms with Gasteiger partial charge in [0.1, 0.15) is 17.8 Å². The molecule has 0 saturated carbocycles. The van der Waals surface area contributed by atoms with Gasteiger partial charge >= 0.3 is 12.2 Å². The number of piperidine rings is 1. The fraction of sp³-hybridized carbons (Fsp3) is 0.391. The van der Waals surface area contributed by atoms with E-state index in [0.717, 1.165) is 6.42 Å². The molecule has 1 fully saturated rings. The van der Waals surface area contributed by atoms with Gasteiger partial charge in [0.05, 0.1) is 5.56 Å². The molecule has 0 aliphatic carbocycles. The van der Waals surface area contributed by atoms with Gasteiger partial charge in [-0.3, -0.25) is 4.79 Å². The summed E-state index contributed by atoms with van der Waals surface area (Å²) in [5.41, 5.74) is -0.809. The number of nitrogens with zero attached hydrogens (tertiary/aromatic N) is 5. The first-order valence-electron chi connectivity index (χ1n) is 10.7. The van der Waals surface area contributed by atoms with E-state index in [-0.39, 0.29) is 24.1 Å². The zero-order valence-corrected chi connectivity index (χ0v) is 18.6. The van der Waals surface area contributed by atoms with E-state index in [9.17, 15) is 18.0 Å². The van der Waals surface area contributed by atoms with Gasteiger partial charge in [-0.1, -0.05) is 6.92 Å². The van der Waals surface area contributed by atoms with Crippen LogP contribution in [0.25, 0.3) is 11.4 Å². The predicted octanol–water partition coefficient (Wildman–Crippen LogP) is 3.68. The van der Waals surface area contributed by atoms with E-state index in [4.69, 9.17) is 4.74 Å². The first-order chi connectivity index (χ1) is 16.2. The van der Waals surface area contributed by atoms with Gasteiger partial charge in [0, 0.05) is 36.0 Å². The molecule has 0 unspecified atom stereocenters. The molecule has 1 N–H and O–H groups in total. The van der Waals surface area contributed by atoms with Crippen LogP contribution in [0.2, 0.25) is 0 Å². The number of nitrogens with one attached hydrogen (secondary N) is 1. The van der Waals surface area contributed by atoms with Crippen molar-refractivity contribution in [1.29, 1.82) is 0 Å². The molecule has 0 amide bonds. The summed E-state index contributed by atoms with van der Waals surface area (Å²) < 4.78 is 44.1. The fourth-order valence-electron chi connectivity index (χ4n) is 3.74. The van der Waals surface area contributed by atoms with Gasteiger partial charge in [0.15, 0.2) is 5.82 Å². The molecule has 1 aliphatic rings. The Bertz CT molecular complexity index is 1150. The molecule has 11 heteroatoms. The van der Waals surface area contributed by atoms with Crippen molar-refractivity contribution in [2.75, 3.05) is 13.2 Å². The number of ether oxygens (including phenoxy) is 1. The minimum atomic E-state index is -4.55. The minimum absolute atomic E-state index is 0.172. The predicted molar refractivity (Wildman–Crippen MR) is 116 cm³/mol. The molecule has 1 aliphatic heterocycles. The normalized spacial score (nSPS) is 20.7. The zero-order valence-electron chi connectivity index (χ0n) is 18.6. The lowest BCUT2D eigenvalue weighted by atomic mass is 9.80. The van der Waals surface area contributed by atoms with E-state index in [1.54, 1.807) is 37.5 Å². The van der Waals surface area contributed by atoms with E-state index < -0.39 is 17.3 Å². The molecule has 2 atom stereocenters. The van der Waals surface area contributed by atoms with Crippen LogP contribution >= 0.6 is 0 Å². The number of aryl methyl sites for hydroxylation is 1. The molecule has 34 heavy (non-hydrogen) atoms. The molecule has 4 heterocycles. The number of hydrogen-bond acceptors (Lipinski definition) is 8. The fourth-order valence-corrected chi connectivity index (χ4v) is 3.74. The van der Waals surface area contributed by atoms with Crippen LogP contribution in [-0.4, -0.2) is 49.4 Å². The Hall–Kier alpha value is -3.47. The summed E-state index contributed by atoms with van der Waals surface area (Å²) in [6.45, 7) is 4.23. The van der Waals surface area contributed by atoms with Crippen LogP contribution in [0.15, 0.2) is 43.0 Å². The van der Waals surface area contributed by atoms with E-state index in [1.165, 1.54) is 0 Å². The number of pyridine rings is 1. The number of carbonyl (C=O) groups excluding carboxylic acids is 1. The maximum atomic E-state index is 13.9. The van der Waals surface area contributed by atoms with Gasteiger partial charge in [0.25, 0.3) is 0 Å². The summed E-state index contributed by atoms with van der Waals surface area (Å²) in [7, 11) is 0. The van der Waals surface area contributed by atoms with Crippen molar-refractivity contribution in [1.82, 2.24) is 30.2 Å². The molecule has 3 aromatic rings. The topological polar surface area (TPSA) is 103 Å². The lowest BCUT2D eigenvalue weighted by Gasteiger charge is -2.38. The van der Waals surface area contributed by atoms with Gasteiger partial charge < -0.3 is 10.1 Å². The molecular weight excluding hydrogens is 449 g/mol. The smallest absolute Gasteiger partial charge is 0.419 e. The zero-order chi connectivity index (χ0) is 24.3. The molecule has 178 valence electrons. The molecule has 0 bridgehead atoms. The second kappa shape index (κ2) is 9.41. The highest BCUT2D eigenvalue weighted by Crippen LogP contribution is 2.31. The lowest BCUT2D eigenvalue weighted by Crippen LogP contribution is -2.60. The van der Waals surface area contributed by atoms with Crippen molar-refractivity contribution in [2.45, 2.75) is 38.4 Å². The van der Waals surface area contributed by atoms with Crippen LogP contribution in [0.3, 0.4) is 0 Å².